The number of aryl methyl sites for hydroxylation is 2. The summed E-state index contributed by atoms with van der Waals surface area (Å²) in [6.45, 7) is 4.33. The van der Waals surface area contributed by atoms with Crippen molar-refractivity contribution in [1.82, 2.24) is 4.90 Å². The van der Waals surface area contributed by atoms with Crippen LogP contribution in [0.2, 0.25) is 0 Å². The van der Waals surface area contributed by atoms with Crippen LogP contribution in [-0.2, 0) is 13.0 Å². The van der Waals surface area contributed by atoms with Crippen molar-refractivity contribution in [3.63, 3.8) is 0 Å². The van der Waals surface area contributed by atoms with Gasteiger partial charge in [-0.25, -0.2) is 0 Å². The highest BCUT2D eigenvalue weighted by atomic mass is 19.1. The Labute approximate surface area is 212 Å². The lowest BCUT2D eigenvalue weighted by atomic mass is 9.86. The molecule has 1 saturated heterocycles. The van der Waals surface area contributed by atoms with E-state index in [1.165, 1.54) is 39.0 Å². The van der Waals surface area contributed by atoms with Gasteiger partial charge in [0.15, 0.2) is 0 Å². The number of benzene rings is 3. The van der Waals surface area contributed by atoms with E-state index in [1.54, 1.807) is 7.11 Å². The van der Waals surface area contributed by atoms with E-state index in [2.05, 4.69) is 78.6 Å². The van der Waals surface area contributed by atoms with E-state index in [4.69, 9.17) is 9.15 Å². The number of ether oxygens (including phenoxy) is 1. The van der Waals surface area contributed by atoms with Gasteiger partial charge in [0.25, 0.3) is 0 Å². The molecule has 1 aliphatic carbocycles. The number of hydrogen-bond donors (Lipinski definition) is 0. The van der Waals surface area contributed by atoms with E-state index in [-0.39, 0.29) is 12.6 Å². The van der Waals surface area contributed by atoms with Crippen LogP contribution in [0.1, 0.15) is 46.4 Å². The molecule has 1 fully saturated rings. The molecule has 0 spiro atoms. The average molecular weight is 482 g/mol. The molecule has 2 heterocycles. The van der Waals surface area contributed by atoms with Crippen LogP contribution in [0.15, 0.2) is 71.1 Å². The average Bonchev–Trinajstić information content (AvgIpc) is 3.18. The maximum Gasteiger partial charge on any atom is 0.134 e. The summed E-state index contributed by atoms with van der Waals surface area (Å²) < 4.78 is 24.6. The van der Waals surface area contributed by atoms with Gasteiger partial charge >= 0.3 is 0 Å². The Morgan fingerprint density at radius 3 is 2.64 bits per heavy atom. The Morgan fingerprint density at radius 2 is 1.83 bits per heavy atom. The number of allylic oxidation sites excluding steroid dienone is 1. The lowest BCUT2D eigenvalue weighted by molar-refractivity contribution is 0.0677. The van der Waals surface area contributed by atoms with E-state index < -0.39 is 0 Å². The largest absolute Gasteiger partial charge is 0.497 e. The topological polar surface area (TPSA) is 25.6 Å². The van der Waals surface area contributed by atoms with Crippen molar-refractivity contribution in [3.8, 4) is 5.75 Å². The highest BCUT2D eigenvalue weighted by Gasteiger charge is 2.27. The van der Waals surface area contributed by atoms with Gasteiger partial charge in [0.1, 0.15) is 17.1 Å². The monoisotopic (exact) mass is 481 g/mol. The maximum absolute atomic E-state index is 12.8. The molecule has 0 bridgehead atoms. The summed E-state index contributed by atoms with van der Waals surface area (Å²) in [7, 11) is 1.73. The fourth-order valence-corrected chi connectivity index (χ4v) is 5.86. The minimum Gasteiger partial charge on any atom is -0.497 e. The van der Waals surface area contributed by atoms with Crippen LogP contribution >= 0.6 is 0 Å². The first kappa shape index (κ1) is 23.1. The first-order valence-corrected chi connectivity index (χ1v) is 12.9. The number of likely N-dealkylation sites (tertiary alicyclic amines) is 1. The fourth-order valence-electron chi connectivity index (χ4n) is 5.86. The van der Waals surface area contributed by atoms with Crippen molar-refractivity contribution in [2.75, 3.05) is 26.9 Å². The molecule has 3 nitrogen and oxygen atoms in total. The maximum atomic E-state index is 12.8. The van der Waals surface area contributed by atoms with Gasteiger partial charge in [0.2, 0.25) is 0 Å². The Morgan fingerprint density at radius 1 is 0.972 bits per heavy atom. The smallest absolute Gasteiger partial charge is 0.134 e. The van der Waals surface area contributed by atoms with E-state index in [0.29, 0.717) is 0 Å². The Kier molecular flexibility index (Phi) is 6.14. The molecule has 0 unspecified atom stereocenters. The second kappa shape index (κ2) is 9.59. The number of alkyl halides is 1. The normalized spacial score (nSPS) is 16.6. The van der Waals surface area contributed by atoms with Gasteiger partial charge in [0.05, 0.1) is 20.3 Å². The molecular formula is C32H32FNO2. The quantitative estimate of drug-likeness (QED) is 0.286. The van der Waals surface area contributed by atoms with Gasteiger partial charge in [-0.3, -0.25) is 9.29 Å². The molecule has 0 N–H and O–H groups in total. The third kappa shape index (κ3) is 4.24. The Balaban J connectivity index is 1.46. The van der Waals surface area contributed by atoms with E-state index in [1.807, 2.05) is 0 Å². The summed E-state index contributed by atoms with van der Waals surface area (Å²) in [4.78, 5) is 2.25. The number of fused-ring (bicyclic) bond motifs is 2. The molecule has 1 aliphatic heterocycles. The van der Waals surface area contributed by atoms with Crippen LogP contribution in [0.4, 0.5) is 4.39 Å². The van der Waals surface area contributed by atoms with Gasteiger partial charge in [-0.05, 0) is 95.5 Å². The molecule has 6 rings (SSSR count). The van der Waals surface area contributed by atoms with Gasteiger partial charge in [-0.15, -0.1) is 0 Å². The molecule has 4 heteroatoms. The van der Waals surface area contributed by atoms with Crippen LogP contribution in [-0.4, -0.2) is 31.8 Å². The van der Waals surface area contributed by atoms with E-state index >= 15 is 0 Å². The Bertz CT molecular complexity index is 1440. The summed E-state index contributed by atoms with van der Waals surface area (Å²) in [5.74, 6) is 2.03. The van der Waals surface area contributed by atoms with Crippen molar-refractivity contribution >= 4 is 22.1 Å². The third-order valence-corrected chi connectivity index (χ3v) is 7.71. The summed E-state index contributed by atoms with van der Waals surface area (Å²) in [5.41, 5.74) is 10.1. The first-order chi connectivity index (χ1) is 17.6. The zero-order valence-electron chi connectivity index (χ0n) is 21.0. The molecule has 2 aliphatic rings. The van der Waals surface area contributed by atoms with Gasteiger partial charge in [-0.2, -0.15) is 0 Å². The summed E-state index contributed by atoms with van der Waals surface area (Å²) in [5, 5.41) is 1.11. The fraction of sp³-hybridized carbons (Fsp3) is 0.312. The highest BCUT2D eigenvalue weighted by molar-refractivity contribution is 6.02. The van der Waals surface area contributed by atoms with Crippen LogP contribution in [0.25, 0.3) is 22.1 Å². The number of halogens is 1. The second-order valence-corrected chi connectivity index (χ2v) is 10.2. The van der Waals surface area contributed by atoms with Crippen LogP contribution in [0, 0.1) is 12.8 Å². The SMILES string of the molecule is COc1ccc2c(c1)CCCC(c1ccccc1C)=C2c1ccc2oc(CN3CC(CF)C3)cc2c1. The molecule has 184 valence electrons. The lowest BCUT2D eigenvalue weighted by Crippen LogP contribution is -2.46. The summed E-state index contributed by atoms with van der Waals surface area (Å²) in [6, 6.07) is 23.9. The predicted octanol–water partition coefficient (Wildman–Crippen LogP) is 7.45. The van der Waals surface area contributed by atoms with Crippen LogP contribution < -0.4 is 4.74 Å². The number of rotatable bonds is 6. The van der Waals surface area contributed by atoms with Gasteiger partial charge in [-0.1, -0.05) is 36.4 Å². The van der Waals surface area contributed by atoms with Crippen molar-refractivity contribution in [3.05, 3.63) is 100 Å². The van der Waals surface area contributed by atoms with Gasteiger partial charge in [0, 0.05) is 24.4 Å². The molecule has 0 atom stereocenters. The van der Waals surface area contributed by atoms with E-state index in [9.17, 15) is 4.39 Å². The molecule has 0 saturated carbocycles. The van der Waals surface area contributed by atoms with Crippen LogP contribution in [0.3, 0.4) is 0 Å². The molecule has 36 heavy (non-hydrogen) atoms. The van der Waals surface area contributed by atoms with Crippen molar-refractivity contribution in [2.45, 2.75) is 32.7 Å². The molecule has 0 amide bonds. The zero-order chi connectivity index (χ0) is 24.6. The van der Waals surface area contributed by atoms with Crippen molar-refractivity contribution < 1.29 is 13.5 Å². The Hall–Kier alpha value is -3.37. The van der Waals surface area contributed by atoms with Crippen molar-refractivity contribution in [2.24, 2.45) is 5.92 Å². The molecule has 3 aromatic carbocycles. The van der Waals surface area contributed by atoms with E-state index in [0.717, 1.165) is 61.4 Å². The zero-order valence-corrected chi connectivity index (χ0v) is 21.0. The van der Waals surface area contributed by atoms with Gasteiger partial charge < -0.3 is 9.15 Å². The predicted molar refractivity (Wildman–Crippen MR) is 144 cm³/mol. The lowest BCUT2D eigenvalue weighted by Gasteiger charge is -2.36. The first-order valence-electron chi connectivity index (χ1n) is 12.9. The third-order valence-electron chi connectivity index (χ3n) is 7.71. The molecule has 1 aromatic heterocycles. The summed E-state index contributed by atoms with van der Waals surface area (Å²) >= 11 is 0. The molecule has 0 radical (unpaired) electrons. The number of hydrogen-bond acceptors (Lipinski definition) is 3. The number of nitrogens with zero attached hydrogens (tertiary/aromatic N) is 1. The van der Waals surface area contributed by atoms with Crippen molar-refractivity contribution in [1.29, 1.82) is 0 Å². The molecule has 4 aromatic rings. The number of methoxy groups -OCH3 is 1. The molecular weight excluding hydrogens is 449 g/mol. The summed E-state index contributed by atoms with van der Waals surface area (Å²) in [6.07, 6.45) is 3.15. The highest BCUT2D eigenvalue weighted by Crippen LogP contribution is 2.42. The minimum atomic E-state index is -0.230. The number of furan rings is 1. The standard InChI is InChI=1S/C32H32FNO2/c1-21-6-3-4-8-28(21)30-9-5-7-23-15-26(35-2)11-12-29(23)32(30)24-10-13-31-25(14-24)16-27(36-31)20-34-18-22(17-33)19-34/h3-4,6,8,10-16,22H,5,7,9,17-20H2,1-2H3. The second-order valence-electron chi connectivity index (χ2n) is 10.2. The minimum absolute atomic E-state index is 0.182. The van der Waals surface area contributed by atoms with Crippen LogP contribution in [0.5, 0.6) is 5.75 Å².